The fraction of sp³-hybridized carbons (Fsp3) is 0.500. The fourth-order valence-corrected chi connectivity index (χ4v) is 1.71. The van der Waals surface area contributed by atoms with Crippen LogP contribution in [0.2, 0.25) is 0 Å². The average molecular weight is 268 g/mol. The van der Waals surface area contributed by atoms with E-state index in [2.05, 4.69) is 20.1 Å². The van der Waals surface area contributed by atoms with E-state index < -0.39 is 12.3 Å². The van der Waals surface area contributed by atoms with Gasteiger partial charge < -0.3 is 4.52 Å². The monoisotopic (exact) mass is 268 g/mol. The number of aromatic nitrogens is 4. The number of hydrogen-bond acceptors (Lipinski definition) is 5. The first-order chi connectivity index (χ1) is 9.10. The molecule has 0 saturated carbocycles. The minimum absolute atomic E-state index is 0.211. The second kappa shape index (κ2) is 5.81. The summed E-state index contributed by atoms with van der Waals surface area (Å²) < 4.78 is 29.9. The van der Waals surface area contributed by atoms with Crippen LogP contribution in [0.3, 0.4) is 0 Å². The van der Waals surface area contributed by atoms with Crippen molar-refractivity contribution in [1.29, 1.82) is 0 Å². The van der Waals surface area contributed by atoms with Crippen LogP contribution in [0.15, 0.2) is 16.8 Å². The van der Waals surface area contributed by atoms with Gasteiger partial charge in [-0.1, -0.05) is 12.1 Å². The first kappa shape index (κ1) is 13.5. The predicted molar refractivity (Wildman–Crippen MR) is 63.7 cm³/mol. The van der Waals surface area contributed by atoms with Gasteiger partial charge in [0, 0.05) is 24.2 Å². The molecule has 0 aliphatic rings. The van der Waals surface area contributed by atoms with Gasteiger partial charge in [0.05, 0.1) is 0 Å². The fourth-order valence-electron chi connectivity index (χ4n) is 1.71. The van der Waals surface area contributed by atoms with Crippen molar-refractivity contribution in [3.8, 4) is 11.6 Å². The first-order valence-corrected chi connectivity index (χ1v) is 6.02. The third-order valence-corrected chi connectivity index (χ3v) is 2.74. The van der Waals surface area contributed by atoms with Crippen LogP contribution < -0.4 is 0 Å². The Balaban J connectivity index is 2.23. The lowest BCUT2D eigenvalue weighted by molar-refractivity contribution is 0.120. The van der Waals surface area contributed by atoms with E-state index in [0.29, 0.717) is 12.2 Å². The van der Waals surface area contributed by atoms with E-state index in [1.807, 2.05) is 6.92 Å². The minimum atomic E-state index is -2.39. The van der Waals surface area contributed by atoms with Crippen LogP contribution in [0.25, 0.3) is 11.6 Å². The van der Waals surface area contributed by atoms with E-state index in [1.54, 1.807) is 19.2 Å². The van der Waals surface area contributed by atoms with E-state index in [0.717, 1.165) is 5.69 Å². The van der Waals surface area contributed by atoms with Gasteiger partial charge in [-0.15, -0.1) is 0 Å². The second-order valence-corrected chi connectivity index (χ2v) is 4.21. The van der Waals surface area contributed by atoms with Crippen LogP contribution >= 0.6 is 0 Å². The summed E-state index contributed by atoms with van der Waals surface area (Å²) >= 11 is 0. The van der Waals surface area contributed by atoms with Gasteiger partial charge in [-0.3, -0.25) is 0 Å². The first-order valence-electron chi connectivity index (χ1n) is 6.02. The van der Waals surface area contributed by atoms with Crippen LogP contribution in [-0.4, -0.2) is 26.5 Å². The molecule has 0 spiro atoms. The van der Waals surface area contributed by atoms with Crippen molar-refractivity contribution in [2.24, 2.45) is 0 Å². The third kappa shape index (κ3) is 3.30. The van der Waals surface area contributed by atoms with E-state index in [-0.39, 0.29) is 18.1 Å². The lowest BCUT2D eigenvalue weighted by atomic mass is 10.0. The molecule has 7 heteroatoms. The Morgan fingerprint density at radius 3 is 2.68 bits per heavy atom. The standard InChI is InChI=1S/C12H14F2N4O/c1-3-8(6-9(13)14)12-17-11(18-19-12)10-15-5-4-7(2)16-10/h4-5,8-9H,3,6H2,1-2H3. The Bertz CT molecular complexity index is 544. The second-order valence-electron chi connectivity index (χ2n) is 4.21. The molecular weight excluding hydrogens is 254 g/mol. The largest absolute Gasteiger partial charge is 0.339 e. The summed E-state index contributed by atoms with van der Waals surface area (Å²) in [5.74, 6) is 0.335. The SMILES string of the molecule is CCC(CC(F)F)c1nc(-c2nccc(C)n2)no1. The molecule has 1 unspecified atom stereocenters. The zero-order valence-corrected chi connectivity index (χ0v) is 10.7. The lowest BCUT2D eigenvalue weighted by Crippen LogP contribution is -2.04. The molecule has 1 atom stereocenters. The van der Waals surface area contributed by atoms with Gasteiger partial charge in [-0.05, 0) is 19.4 Å². The summed E-state index contributed by atoms with van der Waals surface area (Å²) in [6.45, 7) is 3.62. The van der Waals surface area contributed by atoms with Gasteiger partial charge in [-0.2, -0.15) is 4.98 Å². The highest BCUT2D eigenvalue weighted by Gasteiger charge is 2.22. The minimum Gasteiger partial charge on any atom is -0.339 e. The molecular formula is C12H14F2N4O. The Morgan fingerprint density at radius 1 is 1.26 bits per heavy atom. The maximum Gasteiger partial charge on any atom is 0.240 e. The molecule has 2 aromatic heterocycles. The Hall–Kier alpha value is -1.92. The van der Waals surface area contributed by atoms with Gasteiger partial charge >= 0.3 is 0 Å². The number of halogens is 2. The van der Waals surface area contributed by atoms with Crippen molar-refractivity contribution in [2.75, 3.05) is 0 Å². The molecule has 0 bridgehead atoms. The van der Waals surface area contributed by atoms with Crippen LogP contribution in [0.1, 0.15) is 37.3 Å². The number of aryl methyl sites for hydroxylation is 1. The third-order valence-electron chi connectivity index (χ3n) is 2.74. The summed E-state index contributed by atoms with van der Waals surface area (Å²) in [5, 5.41) is 3.75. The summed E-state index contributed by atoms with van der Waals surface area (Å²) in [6, 6.07) is 1.75. The van der Waals surface area contributed by atoms with Crippen molar-refractivity contribution in [1.82, 2.24) is 20.1 Å². The molecule has 0 saturated heterocycles. The molecule has 2 heterocycles. The Labute approximate surface area is 109 Å². The Morgan fingerprint density at radius 2 is 2.05 bits per heavy atom. The molecule has 5 nitrogen and oxygen atoms in total. The summed E-state index contributed by atoms with van der Waals surface area (Å²) in [7, 11) is 0. The highest BCUT2D eigenvalue weighted by atomic mass is 19.3. The topological polar surface area (TPSA) is 64.7 Å². The summed E-state index contributed by atoms with van der Waals surface area (Å²) in [5.41, 5.74) is 0.774. The van der Waals surface area contributed by atoms with Crippen molar-refractivity contribution in [3.05, 3.63) is 23.8 Å². The summed E-state index contributed by atoms with van der Waals surface area (Å²) in [6.07, 6.45) is -0.576. The van der Waals surface area contributed by atoms with Crippen LogP contribution in [0, 0.1) is 6.92 Å². The van der Waals surface area contributed by atoms with Crippen molar-refractivity contribution >= 4 is 0 Å². The Kier molecular flexibility index (Phi) is 4.13. The molecule has 19 heavy (non-hydrogen) atoms. The quantitative estimate of drug-likeness (QED) is 0.834. The zero-order valence-electron chi connectivity index (χ0n) is 10.7. The van der Waals surface area contributed by atoms with E-state index in [1.165, 1.54) is 0 Å². The van der Waals surface area contributed by atoms with Crippen LogP contribution in [0.4, 0.5) is 8.78 Å². The molecule has 0 aromatic carbocycles. The van der Waals surface area contributed by atoms with Crippen LogP contribution in [-0.2, 0) is 0 Å². The van der Waals surface area contributed by atoms with Gasteiger partial charge in [0.15, 0.2) is 0 Å². The van der Waals surface area contributed by atoms with Crippen molar-refractivity contribution in [3.63, 3.8) is 0 Å². The van der Waals surface area contributed by atoms with Gasteiger partial charge in [0.2, 0.25) is 24.0 Å². The van der Waals surface area contributed by atoms with E-state index >= 15 is 0 Å². The molecule has 102 valence electrons. The molecule has 0 N–H and O–H groups in total. The molecule has 2 aromatic rings. The molecule has 0 aliphatic heterocycles. The smallest absolute Gasteiger partial charge is 0.240 e. The molecule has 0 aliphatic carbocycles. The highest BCUT2D eigenvalue weighted by Crippen LogP contribution is 2.26. The zero-order chi connectivity index (χ0) is 13.8. The molecule has 0 amide bonds. The lowest BCUT2D eigenvalue weighted by Gasteiger charge is -2.07. The van der Waals surface area contributed by atoms with E-state index in [9.17, 15) is 8.78 Å². The maximum absolute atomic E-state index is 12.4. The number of hydrogen-bond donors (Lipinski definition) is 0. The van der Waals surface area contributed by atoms with Crippen molar-refractivity contribution < 1.29 is 13.3 Å². The van der Waals surface area contributed by atoms with Crippen molar-refractivity contribution in [2.45, 2.75) is 39.0 Å². The normalized spacial score (nSPS) is 12.9. The molecule has 0 fully saturated rings. The molecule has 2 rings (SSSR count). The predicted octanol–water partition coefficient (Wildman–Crippen LogP) is 2.98. The highest BCUT2D eigenvalue weighted by molar-refractivity contribution is 5.41. The van der Waals surface area contributed by atoms with Gasteiger partial charge in [-0.25, -0.2) is 18.7 Å². The van der Waals surface area contributed by atoms with E-state index in [4.69, 9.17) is 4.52 Å². The van der Waals surface area contributed by atoms with Gasteiger partial charge in [0.1, 0.15) is 0 Å². The molecule has 0 radical (unpaired) electrons. The van der Waals surface area contributed by atoms with Gasteiger partial charge in [0.25, 0.3) is 0 Å². The van der Waals surface area contributed by atoms with Crippen LogP contribution in [0.5, 0.6) is 0 Å². The average Bonchev–Trinajstić information content (AvgIpc) is 2.85. The number of nitrogens with zero attached hydrogens (tertiary/aromatic N) is 4. The number of alkyl halides is 2. The number of rotatable bonds is 5. The summed E-state index contributed by atoms with van der Waals surface area (Å²) in [4.78, 5) is 12.3. The maximum atomic E-state index is 12.4.